The van der Waals surface area contributed by atoms with Gasteiger partial charge < -0.3 is 10.1 Å². The van der Waals surface area contributed by atoms with E-state index in [4.69, 9.17) is 4.74 Å². The number of nitrogens with zero attached hydrogens (tertiary/aromatic N) is 3. The lowest BCUT2D eigenvalue weighted by atomic mass is 10.0. The molecule has 3 heterocycles. The van der Waals surface area contributed by atoms with Crippen LogP contribution in [0.2, 0.25) is 0 Å². The average Bonchev–Trinajstić information content (AvgIpc) is 2.60. The quantitative estimate of drug-likeness (QED) is 0.718. The summed E-state index contributed by atoms with van der Waals surface area (Å²) < 4.78 is 31.2. The van der Waals surface area contributed by atoms with Gasteiger partial charge in [-0.15, -0.1) is 0 Å². The summed E-state index contributed by atoms with van der Waals surface area (Å²) >= 11 is 0. The van der Waals surface area contributed by atoms with Gasteiger partial charge in [-0.2, -0.15) is 0 Å². The first-order chi connectivity index (χ1) is 12.5. The van der Waals surface area contributed by atoms with Crippen molar-refractivity contribution in [3.63, 3.8) is 0 Å². The Labute approximate surface area is 152 Å². The molecule has 1 saturated heterocycles. The minimum atomic E-state index is -3.14. The molecule has 4 rings (SSSR count). The molecule has 2 aliphatic heterocycles. The first-order valence-corrected chi connectivity index (χ1v) is 10.4. The molecular weight excluding hydrogens is 354 g/mol. The highest BCUT2D eigenvalue weighted by atomic mass is 32.2. The van der Waals surface area contributed by atoms with Crippen LogP contribution in [0, 0.1) is 0 Å². The molecule has 8 nitrogen and oxygen atoms in total. The van der Waals surface area contributed by atoms with Gasteiger partial charge in [0.1, 0.15) is 0 Å². The lowest BCUT2D eigenvalue weighted by Crippen LogP contribution is -2.43. The van der Waals surface area contributed by atoms with Crippen LogP contribution < -0.4 is 14.8 Å². The number of aromatic nitrogens is 2. The molecule has 0 amide bonds. The second kappa shape index (κ2) is 6.82. The molecule has 0 bridgehead atoms. The lowest BCUT2D eigenvalue weighted by Gasteiger charge is -2.32. The van der Waals surface area contributed by atoms with Crippen LogP contribution in [-0.4, -0.2) is 48.7 Å². The number of hydrogen-bond donors (Lipinski definition) is 2. The monoisotopic (exact) mass is 375 g/mol. The van der Waals surface area contributed by atoms with E-state index in [9.17, 15) is 8.42 Å². The fourth-order valence-electron chi connectivity index (χ4n) is 3.35. The predicted octanol–water partition coefficient (Wildman–Crippen LogP) is 1.84. The number of hydrogen-bond acceptors (Lipinski definition) is 7. The Morgan fingerprint density at radius 1 is 1.27 bits per heavy atom. The van der Waals surface area contributed by atoms with E-state index in [0.717, 1.165) is 43.9 Å². The van der Waals surface area contributed by atoms with Crippen molar-refractivity contribution in [1.29, 1.82) is 0 Å². The molecule has 138 valence electrons. The third-order valence-corrected chi connectivity index (χ3v) is 5.30. The first-order valence-electron chi connectivity index (χ1n) is 8.55. The maximum absolute atomic E-state index is 11.3. The molecular formula is C17H21N5O3S. The highest BCUT2D eigenvalue weighted by Gasteiger charge is 2.23. The van der Waals surface area contributed by atoms with Gasteiger partial charge in [0.15, 0.2) is 11.6 Å². The Balaban J connectivity index is 1.39. The van der Waals surface area contributed by atoms with Crippen LogP contribution in [0.1, 0.15) is 18.4 Å². The van der Waals surface area contributed by atoms with Gasteiger partial charge in [-0.25, -0.2) is 23.1 Å². The number of piperidine rings is 1. The molecule has 0 radical (unpaired) electrons. The predicted molar refractivity (Wildman–Crippen MR) is 98.1 cm³/mol. The van der Waals surface area contributed by atoms with Crippen LogP contribution in [0.25, 0.3) is 0 Å². The summed E-state index contributed by atoms with van der Waals surface area (Å²) in [6, 6.07) is 6.08. The zero-order valence-electron chi connectivity index (χ0n) is 14.5. The van der Waals surface area contributed by atoms with Gasteiger partial charge in [0, 0.05) is 38.1 Å². The van der Waals surface area contributed by atoms with Gasteiger partial charge in [-0.1, -0.05) is 6.07 Å². The van der Waals surface area contributed by atoms with Gasteiger partial charge >= 0.3 is 0 Å². The van der Waals surface area contributed by atoms with Crippen LogP contribution in [0.5, 0.6) is 11.6 Å². The summed E-state index contributed by atoms with van der Waals surface area (Å²) in [6.07, 6.45) is 6.08. The number of benzene rings is 1. The number of ether oxygens (including phenoxy) is 1. The van der Waals surface area contributed by atoms with E-state index in [0.29, 0.717) is 11.7 Å². The van der Waals surface area contributed by atoms with Crippen LogP contribution in [0.15, 0.2) is 30.6 Å². The molecule has 2 N–H and O–H groups in total. The van der Waals surface area contributed by atoms with Gasteiger partial charge in [0.25, 0.3) is 5.88 Å². The van der Waals surface area contributed by atoms with E-state index in [1.807, 2.05) is 12.1 Å². The Kier molecular flexibility index (Phi) is 4.51. The van der Waals surface area contributed by atoms with Crippen molar-refractivity contribution in [1.82, 2.24) is 19.6 Å². The summed E-state index contributed by atoms with van der Waals surface area (Å²) in [5.41, 5.74) is 2.05. The van der Waals surface area contributed by atoms with Crippen molar-refractivity contribution in [2.45, 2.75) is 25.4 Å². The van der Waals surface area contributed by atoms with Crippen LogP contribution in [0.4, 0.5) is 11.5 Å². The van der Waals surface area contributed by atoms with Gasteiger partial charge in [-0.3, -0.25) is 4.90 Å². The van der Waals surface area contributed by atoms with Crippen molar-refractivity contribution in [3.05, 3.63) is 36.2 Å². The molecule has 2 aliphatic rings. The maximum Gasteiger partial charge on any atom is 0.263 e. The molecule has 9 heteroatoms. The van der Waals surface area contributed by atoms with E-state index in [-0.39, 0.29) is 6.04 Å². The van der Waals surface area contributed by atoms with Gasteiger partial charge in [-0.05, 0) is 30.5 Å². The molecule has 1 fully saturated rings. The summed E-state index contributed by atoms with van der Waals surface area (Å²) in [5, 5.41) is 3.26. The van der Waals surface area contributed by atoms with E-state index >= 15 is 0 Å². The molecule has 0 atom stereocenters. The topological polar surface area (TPSA) is 96.5 Å². The smallest absolute Gasteiger partial charge is 0.263 e. The third-order valence-electron chi connectivity index (χ3n) is 4.54. The molecule has 26 heavy (non-hydrogen) atoms. The summed E-state index contributed by atoms with van der Waals surface area (Å²) in [7, 11) is -3.14. The average molecular weight is 375 g/mol. The Hall–Kier alpha value is -2.23. The summed E-state index contributed by atoms with van der Waals surface area (Å²) in [6.45, 7) is 2.54. The van der Waals surface area contributed by atoms with E-state index in [1.54, 1.807) is 12.4 Å². The van der Waals surface area contributed by atoms with Crippen molar-refractivity contribution >= 4 is 21.5 Å². The molecule has 1 aromatic heterocycles. The van der Waals surface area contributed by atoms with Crippen molar-refractivity contribution in [3.8, 4) is 11.6 Å². The molecule has 0 aliphatic carbocycles. The number of nitrogens with one attached hydrogen (secondary N) is 2. The minimum absolute atomic E-state index is 0.0370. The largest absolute Gasteiger partial charge is 0.434 e. The molecule has 0 saturated carbocycles. The SMILES string of the molecule is CS(=O)(=O)NC1CCN(Cc2ccc3c(c2)Nc2nccnc2O3)CC1. The van der Waals surface area contributed by atoms with Crippen molar-refractivity contribution < 1.29 is 13.2 Å². The highest BCUT2D eigenvalue weighted by molar-refractivity contribution is 7.88. The second-order valence-electron chi connectivity index (χ2n) is 6.71. The first kappa shape index (κ1) is 17.2. The number of rotatable bonds is 4. The number of likely N-dealkylation sites (tertiary alicyclic amines) is 1. The van der Waals surface area contributed by atoms with E-state index < -0.39 is 10.0 Å². The normalized spacial score (nSPS) is 17.7. The van der Waals surface area contributed by atoms with Crippen molar-refractivity contribution in [2.75, 3.05) is 24.7 Å². The Bertz CT molecular complexity index is 910. The molecule has 2 aromatic rings. The Morgan fingerprint density at radius 3 is 2.81 bits per heavy atom. The fourth-order valence-corrected chi connectivity index (χ4v) is 4.19. The van der Waals surface area contributed by atoms with E-state index in [2.05, 4.69) is 31.0 Å². The second-order valence-corrected chi connectivity index (χ2v) is 8.49. The molecule has 0 unspecified atom stereocenters. The fraction of sp³-hybridized carbons (Fsp3) is 0.412. The zero-order valence-corrected chi connectivity index (χ0v) is 15.3. The summed E-state index contributed by atoms with van der Waals surface area (Å²) in [5.74, 6) is 1.83. The third kappa shape index (κ3) is 3.95. The van der Waals surface area contributed by atoms with Gasteiger partial charge in [0.2, 0.25) is 10.0 Å². The van der Waals surface area contributed by atoms with Crippen molar-refractivity contribution in [2.24, 2.45) is 0 Å². The van der Waals surface area contributed by atoms with Crippen LogP contribution in [0.3, 0.4) is 0 Å². The number of fused-ring (bicyclic) bond motifs is 2. The molecule has 0 spiro atoms. The number of anilines is 2. The van der Waals surface area contributed by atoms with Crippen LogP contribution in [-0.2, 0) is 16.6 Å². The lowest BCUT2D eigenvalue weighted by molar-refractivity contribution is 0.200. The minimum Gasteiger partial charge on any atom is -0.434 e. The van der Waals surface area contributed by atoms with Crippen LogP contribution >= 0.6 is 0 Å². The standard InChI is InChI=1S/C17H21N5O3S/c1-26(23,24)21-13-4-8-22(9-5-13)11-12-2-3-15-14(10-12)20-16-17(25-15)19-7-6-18-16/h2-3,6-7,10,13,21H,4-5,8-9,11H2,1H3,(H,18,20). The zero-order chi connectivity index (χ0) is 18.1. The Morgan fingerprint density at radius 2 is 2.04 bits per heavy atom. The van der Waals surface area contributed by atoms with E-state index in [1.165, 1.54) is 11.8 Å². The highest BCUT2D eigenvalue weighted by Crippen LogP contribution is 2.39. The van der Waals surface area contributed by atoms with Gasteiger partial charge in [0.05, 0.1) is 11.9 Å². The number of sulfonamides is 1. The summed E-state index contributed by atoms with van der Waals surface area (Å²) in [4.78, 5) is 10.7. The molecule has 1 aromatic carbocycles. The maximum atomic E-state index is 11.3.